The summed E-state index contributed by atoms with van der Waals surface area (Å²) in [6.45, 7) is 1.63. The molecule has 2 N–H and O–H groups in total. The Morgan fingerprint density at radius 2 is 2.64 bits per heavy atom. The zero-order chi connectivity index (χ0) is 9.80. The molecule has 0 saturated carbocycles. The Morgan fingerprint density at radius 1 is 1.71 bits per heavy atom. The molecule has 0 aromatic carbocycles. The van der Waals surface area contributed by atoms with E-state index in [1.807, 2.05) is 5.38 Å². The van der Waals surface area contributed by atoms with Crippen LogP contribution < -0.4 is 10.6 Å². The summed E-state index contributed by atoms with van der Waals surface area (Å²) < 4.78 is 0. The molecule has 76 valence electrons. The van der Waals surface area contributed by atoms with Gasteiger partial charge in [0, 0.05) is 37.1 Å². The van der Waals surface area contributed by atoms with Crippen LogP contribution in [0.2, 0.25) is 0 Å². The van der Waals surface area contributed by atoms with Crippen molar-refractivity contribution in [2.75, 3.05) is 6.54 Å². The number of nitrogens with zero attached hydrogens (tertiary/aromatic N) is 1. The van der Waals surface area contributed by atoms with Crippen LogP contribution in [-0.2, 0) is 11.3 Å². The fourth-order valence-corrected chi connectivity index (χ4v) is 2.11. The lowest BCUT2D eigenvalue weighted by Crippen LogP contribution is -2.35. The van der Waals surface area contributed by atoms with Gasteiger partial charge in [0.05, 0.1) is 0 Å². The molecule has 5 heteroatoms. The first-order valence-corrected chi connectivity index (χ1v) is 5.61. The molecule has 1 unspecified atom stereocenters. The van der Waals surface area contributed by atoms with E-state index in [0.29, 0.717) is 12.5 Å². The van der Waals surface area contributed by atoms with Gasteiger partial charge in [0.1, 0.15) is 5.01 Å². The summed E-state index contributed by atoms with van der Waals surface area (Å²) in [4.78, 5) is 15.1. The quantitative estimate of drug-likeness (QED) is 0.763. The van der Waals surface area contributed by atoms with Crippen LogP contribution in [0.25, 0.3) is 0 Å². The normalized spacial score (nSPS) is 21.1. The number of hydrogen-bond donors (Lipinski definition) is 2. The first kappa shape index (κ1) is 9.61. The van der Waals surface area contributed by atoms with Crippen LogP contribution >= 0.6 is 11.3 Å². The van der Waals surface area contributed by atoms with E-state index in [9.17, 15) is 4.79 Å². The number of nitrogens with one attached hydrogen (secondary N) is 2. The van der Waals surface area contributed by atoms with Gasteiger partial charge in [0.15, 0.2) is 0 Å². The molecule has 0 spiro atoms. The standard InChI is InChI=1S/C9H13N3OS/c13-8-2-1-7(12-8)5-10-6-9-11-3-4-14-9/h3-4,7,10H,1-2,5-6H2,(H,12,13). The Balaban J connectivity index is 1.66. The number of thiazole rings is 1. The maximum atomic E-state index is 10.9. The molecule has 1 saturated heterocycles. The number of hydrogen-bond acceptors (Lipinski definition) is 4. The second-order valence-corrected chi connectivity index (χ2v) is 4.34. The lowest BCUT2D eigenvalue weighted by molar-refractivity contribution is -0.119. The number of amides is 1. The van der Waals surface area contributed by atoms with Crippen LogP contribution in [0, 0.1) is 0 Å². The minimum Gasteiger partial charge on any atom is -0.352 e. The maximum Gasteiger partial charge on any atom is 0.220 e. The molecule has 4 nitrogen and oxygen atoms in total. The van der Waals surface area contributed by atoms with E-state index in [-0.39, 0.29) is 5.91 Å². The molecule has 1 amide bonds. The molecule has 1 aromatic rings. The van der Waals surface area contributed by atoms with E-state index >= 15 is 0 Å². The fourth-order valence-electron chi connectivity index (χ4n) is 1.52. The predicted molar refractivity (Wildman–Crippen MR) is 55.0 cm³/mol. The van der Waals surface area contributed by atoms with Crippen LogP contribution in [0.3, 0.4) is 0 Å². The Morgan fingerprint density at radius 3 is 3.29 bits per heavy atom. The zero-order valence-electron chi connectivity index (χ0n) is 7.82. The minimum atomic E-state index is 0.172. The molecule has 1 fully saturated rings. The zero-order valence-corrected chi connectivity index (χ0v) is 8.64. The van der Waals surface area contributed by atoms with Crippen molar-refractivity contribution in [1.82, 2.24) is 15.6 Å². The molecule has 2 rings (SSSR count). The molecule has 1 atom stereocenters. The predicted octanol–water partition coefficient (Wildman–Crippen LogP) is 0.511. The van der Waals surface area contributed by atoms with Crippen molar-refractivity contribution in [3.8, 4) is 0 Å². The van der Waals surface area contributed by atoms with Gasteiger partial charge in [-0.05, 0) is 6.42 Å². The Labute approximate surface area is 86.7 Å². The molecular weight excluding hydrogens is 198 g/mol. The SMILES string of the molecule is O=C1CCC(CNCc2nccs2)N1. The van der Waals surface area contributed by atoms with Gasteiger partial charge in [-0.3, -0.25) is 4.79 Å². The first-order valence-electron chi connectivity index (χ1n) is 4.73. The number of aromatic nitrogens is 1. The van der Waals surface area contributed by atoms with Gasteiger partial charge in [-0.2, -0.15) is 0 Å². The summed E-state index contributed by atoms with van der Waals surface area (Å²) in [7, 11) is 0. The third-order valence-corrected chi connectivity index (χ3v) is 3.02. The summed E-state index contributed by atoms with van der Waals surface area (Å²) in [5.74, 6) is 0.172. The maximum absolute atomic E-state index is 10.9. The monoisotopic (exact) mass is 211 g/mol. The van der Waals surface area contributed by atoms with Gasteiger partial charge >= 0.3 is 0 Å². The van der Waals surface area contributed by atoms with Gasteiger partial charge in [-0.25, -0.2) is 4.98 Å². The highest BCUT2D eigenvalue weighted by molar-refractivity contribution is 7.09. The molecule has 1 aliphatic rings. The van der Waals surface area contributed by atoms with Crippen molar-refractivity contribution in [3.63, 3.8) is 0 Å². The molecule has 14 heavy (non-hydrogen) atoms. The van der Waals surface area contributed by atoms with E-state index in [1.54, 1.807) is 17.5 Å². The van der Waals surface area contributed by atoms with Crippen LogP contribution in [0.1, 0.15) is 17.8 Å². The van der Waals surface area contributed by atoms with Gasteiger partial charge in [0.25, 0.3) is 0 Å². The number of carbonyl (C=O) groups is 1. The van der Waals surface area contributed by atoms with E-state index in [2.05, 4.69) is 15.6 Å². The Bertz CT molecular complexity index is 299. The summed E-state index contributed by atoms with van der Waals surface area (Å²) in [5, 5.41) is 9.26. The van der Waals surface area contributed by atoms with Gasteiger partial charge in [-0.1, -0.05) is 0 Å². The van der Waals surface area contributed by atoms with Crippen LogP contribution in [0.4, 0.5) is 0 Å². The number of carbonyl (C=O) groups excluding carboxylic acids is 1. The van der Waals surface area contributed by atoms with Crippen LogP contribution in [-0.4, -0.2) is 23.5 Å². The highest BCUT2D eigenvalue weighted by Crippen LogP contribution is 2.06. The average molecular weight is 211 g/mol. The molecule has 0 aliphatic carbocycles. The third kappa shape index (κ3) is 2.52. The van der Waals surface area contributed by atoms with Crippen LogP contribution in [0.15, 0.2) is 11.6 Å². The topological polar surface area (TPSA) is 54.0 Å². The average Bonchev–Trinajstić information content (AvgIpc) is 2.77. The first-order chi connectivity index (χ1) is 6.84. The lowest BCUT2D eigenvalue weighted by atomic mass is 10.2. The second kappa shape index (κ2) is 4.52. The Kier molecular flexibility index (Phi) is 3.10. The van der Waals surface area contributed by atoms with Crippen molar-refractivity contribution in [2.45, 2.75) is 25.4 Å². The fraction of sp³-hybridized carbons (Fsp3) is 0.556. The highest BCUT2D eigenvalue weighted by atomic mass is 32.1. The smallest absolute Gasteiger partial charge is 0.220 e. The van der Waals surface area contributed by atoms with E-state index < -0.39 is 0 Å². The summed E-state index contributed by atoms with van der Waals surface area (Å²) in [6.07, 6.45) is 3.42. The second-order valence-electron chi connectivity index (χ2n) is 3.36. The van der Waals surface area contributed by atoms with E-state index in [4.69, 9.17) is 0 Å². The largest absolute Gasteiger partial charge is 0.352 e. The van der Waals surface area contributed by atoms with E-state index in [0.717, 1.165) is 24.5 Å². The minimum absolute atomic E-state index is 0.172. The van der Waals surface area contributed by atoms with E-state index in [1.165, 1.54) is 0 Å². The molecule has 1 aliphatic heterocycles. The highest BCUT2D eigenvalue weighted by Gasteiger charge is 2.19. The van der Waals surface area contributed by atoms with Crippen LogP contribution in [0.5, 0.6) is 0 Å². The van der Waals surface area contributed by atoms with Gasteiger partial charge in [-0.15, -0.1) is 11.3 Å². The summed E-state index contributed by atoms with van der Waals surface area (Å²) in [5.41, 5.74) is 0. The van der Waals surface area contributed by atoms with Crippen molar-refractivity contribution >= 4 is 17.2 Å². The molecule has 2 heterocycles. The molecule has 0 bridgehead atoms. The summed E-state index contributed by atoms with van der Waals surface area (Å²) in [6, 6.07) is 0.308. The third-order valence-electron chi connectivity index (χ3n) is 2.24. The summed E-state index contributed by atoms with van der Waals surface area (Å²) >= 11 is 1.65. The lowest BCUT2D eigenvalue weighted by Gasteiger charge is -2.09. The number of rotatable bonds is 4. The molecule has 1 aromatic heterocycles. The molecular formula is C9H13N3OS. The van der Waals surface area contributed by atoms with Gasteiger partial charge in [0.2, 0.25) is 5.91 Å². The molecule has 0 radical (unpaired) electrons. The van der Waals surface area contributed by atoms with Crippen molar-refractivity contribution in [1.29, 1.82) is 0 Å². The van der Waals surface area contributed by atoms with Crippen molar-refractivity contribution < 1.29 is 4.79 Å². The van der Waals surface area contributed by atoms with Crippen molar-refractivity contribution in [3.05, 3.63) is 16.6 Å². The van der Waals surface area contributed by atoms with Gasteiger partial charge < -0.3 is 10.6 Å². The van der Waals surface area contributed by atoms with Crippen molar-refractivity contribution in [2.24, 2.45) is 0 Å². The Hall–Kier alpha value is -0.940.